The Hall–Kier alpha value is -2.17. The number of hydrogen-bond acceptors (Lipinski definition) is 3. The van der Waals surface area contributed by atoms with Gasteiger partial charge in [-0.3, -0.25) is 4.79 Å². The third-order valence-electron chi connectivity index (χ3n) is 2.93. The van der Waals surface area contributed by atoms with Crippen LogP contribution in [0.5, 0.6) is 0 Å². The van der Waals surface area contributed by atoms with Crippen LogP contribution in [0.2, 0.25) is 0 Å². The van der Waals surface area contributed by atoms with Crippen molar-refractivity contribution in [2.24, 2.45) is 0 Å². The molecule has 2 aromatic rings. The van der Waals surface area contributed by atoms with E-state index in [9.17, 15) is 4.79 Å². The lowest BCUT2D eigenvalue weighted by molar-refractivity contribution is -0.136. The van der Waals surface area contributed by atoms with E-state index < -0.39 is 5.97 Å². The minimum Gasteiger partial charge on any atom is -0.481 e. The molecule has 100 valence electrons. The number of rotatable bonds is 3. The van der Waals surface area contributed by atoms with Crippen LogP contribution in [0.4, 0.5) is 0 Å². The molecule has 0 saturated carbocycles. The van der Waals surface area contributed by atoms with Crippen molar-refractivity contribution in [2.75, 3.05) is 0 Å². The van der Waals surface area contributed by atoms with E-state index in [1.165, 1.54) is 11.8 Å². The summed E-state index contributed by atoms with van der Waals surface area (Å²) in [5, 5.41) is 16.5. The Balaban J connectivity index is 2.33. The maximum absolute atomic E-state index is 10.8. The first kappa shape index (κ1) is 13.3. The van der Waals surface area contributed by atoms with Gasteiger partial charge in [-0.1, -0.05) is 38.1 Å². The number of aliphatic carboxylic acids is 1. The van der Waals surface area contributed by atoms with Crippen LogP contribution in [0.15, 0.2) is 30.5 Å². The lowest BCUT2D eigenvalue weighted by Crippen LogP contribution is -2.12. The van der Waals surface area contributed by atoms with Crippen LogP contribution < -0.4 is 0 Å². The molecule has 19 heavy (non-hydrogen) atoms. The Labute approximate surface area is 111 Å². The SMILES string of the molecule is CC(C)(C)c1ccc(-n2nncc2CC(=O)O)cc1. The molecule has 1 aromatic heterocycles. The number of carboxylic acids is 1. The normalized spacial score (nSPS) is 11.5. The zero-order valence-corrected chi connectivity index (χ0v) is 11.3. The summed E-state index contributed by atoms with van der Waals surface area (Å²) < 4.78 is 1.56. The van der Waals surface area contributed by atoms with E-state index >= 15 is 0 Å². The molecular formula is C14H17N3O2. The van der Waals surface area contributed by atoms with Crippen LogP contribution in [0.1, 0.15) is 32.0 Å². The van der Waals surface area contributed by atoms with Crippen LogP contribution in [0.3, 0.4) is 0 Å². The molecule has 0 aliphatic rings. The second kappa shape index (κ2) is 4.84. The lowest BCUT2D eigenvalue weighted by atomic mass is 9.87. The first-order chi connectivity index (χ1) is 8.88. The van der Waals surface area contributed by atoms with Gasteiger partial charge in [-0.25, -0.2) is 4.68 Å². The van der Waals surface area contributed by atoms with Crippen molar-refractivity contribution in [1.82, 2.24) is 15.0 Å². The Morgan fingerprint density at radius 1 is 1.26 bits per heavy atom. The third-order valence-corrected chi connectivity index (χ3v) is 2.93. The maximum atomic E-state index is 10.8. The minimum absolute atomic E-state index is 0.0881. The van der Waals surface area contributed by atoms with E-state index in [1.54, 1.807) is 4.68 Å². The fourth-order valence-electron chi connectivity index (χ4n) is 1.85. The molecule has 5 nitrogen and oxygen atoms in total. The van der Waals surface area contributed by atoms with Crippen molar-refractivity contribution in [3.8, 4) is 5.69 Å². The van der Waals surface area contributed by atoms with Crippen molar-refractivity contribution in [2.45, 2.75) is 32.6 Å². The highest BCUT2D eigenvalue weighted by Crippen LogP contribution is 2.23. The van der Waals surface area contributed by atoms with Crippen LogP contribution >= 0.6 is 0 Å². The molecule has 0 saturated heterocycles. The number of benzene rings is 1. The first-order valence-electron chi connectivity index (χ1n) is 6.10. The standard InChI is InChI=1S/C14H17N3O2/c1-14(2,3)10-4-6-11(7-5-10)17-12(8-13(18)19)9-15-16-17/h4-7,9H,8H2,1-3H3,(H,18,19). The second-order valence-electron chi connectivity index (χ2n) is 5.50. The Morgan fingerprint density at radius 2 is 1.89 bits per heavy atom. The predicted octanol–water partition coefficient (Wildman–Crippen LogP) is 2.19. The summed E-state index contributed by atoms with van der Waals surface area (Å²) in [5.41, 5.74) is 2.69. The van der Waals surface area contributed by atoms with Crippen molar-refractivity contribution < 1.29 is 9.90 Å². The first-order valence-corrected chi connectivity index (χ1v) is 6.10. The fourth-order valence-corrected chi connectivity index (χ4v) is 1.85. The highest BCUT2D eigenvalue weighted by Gasteiger charge is 2.14. The zero-order valence-electron chi connectivity index (χ0n) is 11.3. The number of carboxylic acid groups (broad SMARTS) is 1. The molecule has 2 rings (SSSR count). The molecule has 0 bridgehead atoms. The molecule has 1 N–H and O–H groups in total. The highest BCUT2D eigenvalue weighted by atomic mass is 16.4. The van der Waals surface area contributed by atoms with Gasteiger partial charge in [0.25, 0.3) is 0 Å². The molecule has 0 fully saturated rings. The summed E-state index contributed by atoms with van der Waals surface area (Å²) in [7, 11) is 0. The van der Waals surface area contributed by atoms with Gasteiger partial charge in [0.05, 0.1) is 24.0 Å². The third kappa shape index (κ3) is 2.99. The molecule has 0 atom stereocenters. The summed E-state index contributed by atoms with van der Waals surface area (Å²) in [6.07, 6.45) is 1.39. The molecule has 0 unspecified atom stereocenters. The van der Waals surface area contributed by atoms with Gasteiger partial charge in [0.15, 0.2) is 0 Å². The quantitative estimate of drug-likeness (QED) is 0.917. The van der Waals surface area contributed by atoms with Crippen LogP contribution in [0, 0.1) is 0 Å². The number of carbonyl (C=O) groups is 1. The minimum atomic E-state index is -0.894. The molecule has 0 spiro atoms. The molecule has 0 radical (unpaired) electrons. The average molecular weight is 259 g/mol. The van der Waals surface area contributed by atoms with Gasteiger partial charge in [0, 0.05) is 0 Å². The molecular weight excluding hydrogens is 242 g/mol. The largest absolute Gasteiger partial charge is 0.481 e. The Kier molecular flexibility index (Phi) is 3.38. The zero-order chi connectivity index (χ0) is 14.0. The molecule has 0 aliphatic carbocycles. The Morgan fingerprint density at radius 3 is 2.42 bits per heavy atom. The lowest BCUT2D eigenvalue weighted by Gasteiger charge is -2.19. The maximum Gasteiger partial charge on any atom is 0.309 e. The Bertz CT molecular complexity index is 579. The summed E-state index contributed by atoms with van der Waals surface area (Å²) in [5.74, 6) is -0.894. The topological polar surface area (TPSA) is 68.0 Å². The summed E-state index contributed by atoms with van der Waals surface area (Å²) in [6.45, 7) is 6.44. The number of aromatic nitrogens is 3. The van der Waals surface area contributed by atoms with Crippen molar-refractivity contribution in [3.05, 3.63) is 41.7 Å². The fraction of sp³-hybridized carbons (Fsp3) is 0.357. The molecule has 0 aliphatic heterocycles. The van der Waals surface area contributed by atoms with Crippen LogP contribution in [-0.2, 0) is 16.6 Å². The van der Waals surface area contributed by atoms with Gasteiger partial charge in [-0.05, 0) is 23.1 Å². The summed E-state index contributed by atoms with van der Waals surface area (Å²) in [6, 6.07) is 7.92. The molecule has 1 aromatic carbocycles. The smallest absolute Gasteiger partial charge is 0.309 e. The summed E-state index contributed by atoms with van der Waals surface area (Å²) >= 11 is 0. The highest BCUT2D eigenvalue weighted by molar-refractivity contribution is 5.69. The van der Waals surface area contributed by atoms with Gasteiger partial charge >= 0.3 is 5.97 Å². The van der Waals surface area contributed by atoms with Gasteiger partial charge in [0.1, 0.15) is 0 Å². The molecule has 5 heteroatoms. The predicted molar refractivity (Wildman–Crippen MR) is 71.4 cm³/mol. The van der Waals surface area contributed by atoms with E-state index in [2.05, 4.69) is 31.1 Å². The average Bonchev–Trinajstić information content (AvgIpc) is 2.75. The van der Waals surface area contributed by atoms with E-state index in [-0.39, 0.29) is 11.8 Å². The monoisotopic (exact) mass is 259 g/mol. The van der Waals surface area contributed by atoms with Crippen molar-refractivity contribution in [1.29, 1.82) is 0 Å². The van der Waals surface area contributed by atoms with Crippen LogP contribution in [0.25, 0.3) is 5.69 Å². The van der Waals surface area contributed by atoms with E-state index in [0.717, 1.165) is 5.69 Å². The van der Waals surface area contributed by atoms with Gasteiger partial charge in [-0.2, -0.15) is 0 Å². The van der Waals surface area contributed by atoms with E-state index in [1.807, 2.05) is 24.3 Å². The number of hydrogen-bond donors (Lipinski definition) is 1. The molecule has 1 heterocycles. The van der Waals surface area contributed by atoms with Gasteiger partial charge < -0.3 is 5.11 Å². The van der Waals surface area contributed by atoms with E-state index in [4.69, 9.17) is 5.11 Å². The van der Waals surface area contributed by atoms with Crippen molar-refractivity contribution >= 4 is 5.97 Å². The van der Waals surface area contributed by atoms with Gasteiger partial charge in [0.2, 0.25) is 0 Å². The summed E-state index contributed by atoms with van der Waals surface area (Å²) in [4.78, 5) is 10.8. The number of nitrogens with zero attached hydrogens (tertiary/aromatic N) is 3. The van der Waals surface area contributed by atoms with Crippen LogP contribution in [-0.4, -0.2) is 26.1 Å². The molecule has 0 amide bonds. The van der Waals surface area contributed by atoms with E-state index in [0.29, 0.717) is 5.69 Å². The van der Waals surface area contributed by atoms with Crippen molar-refractivity contribution in [3.63, 3.8) is 0 Å². The second-order valence-corrected chi connectivity index (χ2v) is 5.50. The van der Waals surface area contributed by atoms with Gasteiger partial charge in [-0.15, -0.1) is 5.10 Å².